The Balaban J connectivity index is 2.12. The smallest absolute Gasteiger partial charge is 0.332 e. The number of nitrogens with zero attached hydrogens (tertiary/aromatic N) is 3. The number of amides is 1. The lowest BCUT2D eigenvalue weighted by Gasteiger charge is -2.38. The van der Waals surface area contributed by atoms with E-state index in [2.05, 4.69) is 0 Å². The number of likely N-dealkylation sites (N-methyl/N-ethyl adjacent to an activating group) is 1. The molecule has 0 radical (unpaired) electrons. The van der Waals surface area contributed by atoms with E-state index in [9.17, 15) is 19.5 Å². The van der Waals surface area contributed by atoms with Gasteiger partial charge in [-0.1, -0.05) is 6.92 Å². The van der Waals surface area contributed by atoms with E-state index in [1.807, 2.05) is 20.8 Å². The zero-order chi connectivity index (χ0) is 18.4. The predicted molar refractivity (Wildman–Crippen MR) is 91.1 cm³/mol. The summed E-state index contributed by atoms with van der Waals surface area (Å²) < 4.78 is 8.14. The normalized spacial score (nSPS) is 26.6. The van der Waals surface area contributed by atoms with Crippen LogP contribution in [0.1, 0.15) is 56.6 Å². The molecule has 2 unspecified atom stereocenters. The Morgan fingerprint density at radius 3 is 2.60 bits per heavy atom. The Labute approximate surface area is 145 Å². The summed E-state index contributed by atoms with van der Waals surface area (Å²) in [5.74, 6) is -1.11. The van der Waals surface area contributed by atoms with Crippen molar-refractivity contribution in [3.05, 3.63) is 26.5 Å². The highest BCUT2D eigenvalue weighted by Gasteiger charge is 2.37. The van der Waals surface area contributed by atoms with E-state index < -0.39 is 28.5 Å². The fourth-order valence-electron chi connectivity index (χ4n) is 3.74. The molecule has 2 atom stereocenters. The Morgan fingerprint density at radius 1 is 1.24 bits per heavy atom. The average molecular weight is 351 g/mol. The van der Waals surface area contributed by atoms with Crippen LogP contribution in [0.3, 0.4) is 0 Å². The van der Waals surface area contributed by atoms with Crippen molar-refractivity contribution in [3.8, 4) is 5.75 Å². The first-order chi connectivity index (χ1) is 11.8. The van der Waals surface area contributed by atoms with Crippen LogP contribution in [0, 0.1) is 0 Å². The minimum absolute atomic E-state index is 0.190. The van der Waals surface area contributed by atoms with Crippen molar-refractivity contribution in [2.24, 2.45) is 0 Å². The molecule has 8 heteroatoms. The number of rotatable bonds is 3. The summed E-state index contributed by atoms with van der Waals surface area (Å²) in [7, 11) is 0. The van der Waals surface area contributed by atoms with Crippen molar-refractivity contribution in [1.82, 2.24) is 14.0 Å². The van der Waals surface area contributed by atoms with Crippen LogP contribution in [-0.2, 0) is 11.3 Å². The van der Waals surface area contributed by atoms with Crippen LogP contribution in [0.15, 0.2) is 9.59 Å². The summed E-state index contributed by atoms with van der Waals surface area (Å²) in [6, 6.07) is -0.346. The van der Waals surface area contributed by atoms with Gasteiger partial charge < -0.3 is 14.7 Å². The lowest BCUT2D eigenvalue weighted by Crippen LogP contribution is -2.52. The molecule has 25 heavy (non-hydrogen) atoms. The number of fused-ring (bicyclic) bond motifs is 1. The van der Waals surface area contributed by atoms with Gasteiger partial charge in [-0.15, -0.1) is 0 Å². The molecular formula is C17H25N3O5. The van der Waals surface area contributed by atoms with Crippen LogP contribution in [0.25, 0.3) is 0 Å². The third-order valence-electron chi connectivity index (χ3n) is 5.50. The molecule has 1 fully saturated rings. The Kier molecular flexibility index (Phi) is 4.49. The standard InChI is InChI=1S/C17H25N3O5/c1-4-17(3)10-11(6-9-25-17)20-15(23)13(21)12-14(22)18(5-2)7-8-19(12)16(20)24/h11,21H,4-10H2,1-3H3. The third-order valence-corrected chi connectivity index (χ3v) is 5.50. The molecule has 1 aromatic rings. The van der Waals surface area contributed by atoms with Crippen molar-refractivity contribution in [1.29, 1.82) is 0 Å². The van der Waals surface area contributed by atoms with Crippen molar-refractivity contribution in [2.45, 2.75) is 58.2 Å². The molecule has 138 valence electrons. The van der Waals surface area contributed by atoms with Crippen LogP contribution >= 0.6 is 0 Å². The number of hydrogen-bond acceptors (Lipinski definition) is 5. The van der Waals surface area contributed by atoms with Gasteiger partial charge in [0.25, 0.3) is 11.5 Å². The fourth-order valence-corrected chi connectivity index (χ4v) is 3.74. The summed E-state index contributed by atoms with van der Waals surface area (Å²) in [6.45, 7) is 7.35. The zero-order valence-electron chi connectivity index (χ0n) is 14.9. The summed E-state index contributed by atoms with van der Waals surface area (Å²) in [5, 5.41) is 10.4. The maximum absolute atomic E-state index is 12.9. The molecule has 1 amide bonds. The van der Waals surface area contributed by atoms with Gasteiger partial charge in [0, 0.05) is 32.3 Å². The molecule has 3 heterocycles. The Hall–Kier alpha value is -2.09. The summed E-state index contributed by atoms with van der Waals surface area (Å²) in [4.78, 5) is 39.6. The van der Waals surface area contributed by atoms with Gasteiger partial charge >= 0.3 is 5.69 Å². The molecule has 1 N–H and O–H groups in total. The molecule has 0 bridgehead atoms. The maximum atomic E-state index is 12.9. The van der Waals surface area contributed by atoms with Gasteiger partial charge in [0.15, 0.2) is 5.69 Å². The first kappa shape index (κ1) is 17.7. The number of carbonyl (C=O) groups is 1. The molecular weight excluding hydrogens is 326 g/mol. The molecule has 0 saturated carbocycles. The summed E-state index contributed by atoms with van der Waals surface area (Å²) in [6.07, 6.45) is 1.81. The molecule has 3 rings (SSSR count). The topological polar surface area (TPSA) is 93.8 Å². The van der Waals surface area contributed by atoms with E-state index >= 15 is 0 Å². The van der Waals surface area contributed by atoms with Gasteiger partial charge in [0.2, 0.25) is 5.75 Å². The molecule has 0 aromatic carbocycles. The minimum Gasteiger partial charge on any atom is -0.501 e. The number of hydrogen-bond donors (Lipinski definition) is 1. The second kappa shape index (κ2) is 6.33. The first-order valence-corrected chi connectivity index (χ1v) is 8.84. The van der Waals surface area contributed by atoms with Gasteiger partial charge in [0.05, 0.1) is 5.60 Å². The molecule has 0 spiro atoms. The lowest BCUT2D eigenvalue weighted by atomic mass is 9.89. The van der Waals surface area contributed by atoms with E-state index in [0.717, 1.165) is 11.0 Å². The van der Waals surface area contributed by atoms with E-state index in [1.165, 1.54) is 9.47 Å². The van der Waals surface area contributed by atoms with E-state index in [-0.39, 0.29) is 18.3 Å². The van der Waals surface area contributed by atoms with Crippen LogP contribution in [0.5, 0.6) is 5.75 Å². The molecule has 1 saturated heterocycles. The van der Waals surface area contributed by atoms with Crippen LogP contribution < -0.4 is 11.2 Å². The highest BCUT2D eigenvalue weighted by Crippen LogP contribution is 2.33. The van der Waals surface area contributed by atoms with Crippen molar-refractivity contribution >= 4 is 5.91 Å². The Morgan fingerprint density at radius 2 is 1.96 bits per heavy atom. The number of carbonyl (C=O) groups excluding carboxylic acids is 1. The van der Waals surface area contributed by atoms with Crippen LogP contribution in [0.4, 0.5) is 0 Å². The van der Waals surface area contributed by atoms with Crippen molar-refractivity contribution < 1.29 is 14.6 Å². The van der Waals surface area contributed by atoms with Gasteiger partial charge in [-0.05, 0) is 33.1 Å². The molecule has 2 aliphatic heterocycles. The summed E-state index contributed by atoms with van der Waals surface area (Å²) >= 11 is 0. The van der Waals surface area contributed by atoms with Gasteiger partial charge in [0.1, 0.15) is 0 Å². The van der Waals surface area contributed by atoms with Gasteiger partial charge in [-0.25, -0.2) is 4.79 Å². The maximum Gasteiger partial charge on any atom is 0.332 e. The first-order valence-electron chi connectivity index (χ1n) is 8.84. The highest BCUT2D eigenvalue weighted by molar-refractivity contribution is 5.95. The molecule has 1 aromatic heterocycles. The average Bonchev–Trinajstić information content (AvgIpc) is 2.60. The SMILES string of the molecule is CCN1CCn2c(c(O)c(=O)n(C3CCOC(C)(CC)C3)c2=O)C1=O. The third kappa shape index (κ3) is 2.78. The van der Waals surface area contributed by atoms with Crippen molar-refractivity contribution in [2.75, 3.05) is 19.7 Å². The van der Waals surface area contributed by atoms with E-state index in [4.69, 9.17) is 4.74 Å². The number of aromatic nitrogens is 2. The second-order valence-electron chi connectivity index (χ2n) is 6.99. The quantitative estimate of drug-likeness (QED) is 0.866. The zero-order valence-corrected chi connectivity index (χ0v) is 14.9. The van der Waals surface area contributed by atoms with Gasteiger partial charge in [-0.3, -0.25) is 18.7 Å². The summed E-state index contributed by atoms with van der Waals surface area (Å²) in [5.41, 5.74) is -1.90. The largest absolute Gasteiger partial charge is 0.501 e. The lowest BCUT2D eigenvalue weighted by molar-refractivity contribution is -0.0851. The number of ether oxygens (including phenoxy) is 1. The second-order valence-corrected chi connectivity index (χ2v) is 6.99. The van der Waals surface area contributed by atoms with Gasteiger partial charge in [-0.2, -0.15) is 0 Å². The fraction of sp³-hybridized carbons (Fsp3) is 0.706. The van der Waals surface area contributed by atoms with Crippen molar-refractivity contribution in [3.63, 3.8) is 0 Å². The molecule has 2 aliphatic rings. The predicted octanol–water partition coefficient (Wildman–Crippen LogP) is 0.711. The Bertz CT molecular complexity index is 812. The minimum atomic E-state index is -0.784. The molecule has 8 nitrogen and oxygen atoms in total. The monoisotopic (exact) mass is 351 g/mol. The van der Waals surface area contributed by atoms with Crippen LogP contribution in [0.2, 0.25) is 0 Å². The highest BCUT2D eigenvalue weighted by atomic mass is 16.5. The van der Waals surface area contributed by atoms with Crippen LogP contribution in [-0.4, -0.2) is 50.3 Å². The molecule has 0 aliphatic carbocycles. The number of aromatic hydroxyl groups is 1. The van der Waals surface area contributed by atoms with E-state index in [0.29, 0.717) is 32.5 Å². The van der Waals surface area contributed by atoms with E-state index in [1.54, 1.807) is 0 Å².